The van der Waals surface area contributed by atoms with Gasteiger partial charge in [-0.15, -0.1) is 0 Å². The summed E-state index contributed by atoms with van der Waals surface area (Å²) in [5.41, 5.74) is 2.81. The zero-order valence-corrected chi connectivity index (χ0v) is 23.5. The van der Waals surface area contributed by atoms with Crippen LogP contribution >= 0.6 is 0 Å². The SMILES string of the molecule is CC1CCC(Cn2c(C3(c4ccccc4)CCC3)nc3nc(-c4noc(=O)[nH]4)nc(N[C@H](C)C4CCC4)c32)CC1. The minimum Gasteiger partial charge on any atom is -0.365 e. The van der Waals surface area contributed by atoms with Crippen molar-refractivity contribution >= 4 is 17.0 Å². The van der Waals surface area contributed by atoms with E-state index in [2.05, 4.69) is 64.2 Å². The first-order valence-electron chi connectivity index (χ1n) is 15.2. The third-order valence-electron chi connectivity index (χ3n) is 10.0. The molecule has 9 nitrogen and oxygen atoms in total. The molecule has 0 spiro atoms. The minimum atomic E-state index is -0.619. The lowest BCUT2D eigenvalue weighted by atomic mass is 9.63. The maximum atomic E-state index is 11.8. The Morgan fingerprint density at radius 1 is 1.05 bits per heavy atom. The summed E-state index contributed by atoms with van der Waals surface area (Å²) < 4.78 is 7.27. The first-order chi connectivity index (χ1) is 19.5. The molecular formula is C31H39N7O2. The van der Waals surface area contributed by atoms with Crippen LogP contribution in [0.25, 0.3) is 22.8 Å². The van der Waals surface area contributed by atoms with Crippen LogP contribution < -0.4 is 11.1 Å². The highest BCUT2D eigenvalue weighted by atomic mass is 16.5. The van der Waals surface area contributed by atoms with Crippen LogP contribution in [0.4, 0.5) is 5.82 Å². The third-order valence-corrected chi connectivity index (χ3v) is 10.0. The fourth-order valence-electron chi connectivity index (χ4n) is 7.08. The Kier molecular flexibility index (Phi) is 6.47. The number of imidazole rings is 1. The van der Waals surface area contributed by atoms with E-state index in [1.807, 2.05) is 0 Å². The zero-order valence-electron chi connectivity index (χ0n) is 23.5. The topological polar surface area (TPSA) is 115 Å². The van der Waals surface area contributed by atoms with Crippen LogP contribution in [0, 0.1) is 17.8 Å². The number of hydrogen-bond donors (Lipinski definition) is 2. The molecule has 9 heteroatoms. The lowest BCUT2D eigenvalue weighted by Gasteiger charge is -2.42. The number of fused-ring (bicyclic) bond motifs is 1. The van der Waals surface area contributed by atoms with Crippen molar-refractivity contribution in [2.45, 2.75) is 96.1 Å². The molecular weight excluding hydrogens is 502 g/mol. The second-order valence-electron chi connectivity index (χ2n) is 12.6. The number of anilines is 1. The molecule has 0 aliphatic heterocycles. The van der Waals surface area contributed by atoms with E-state index in [-0.39, 0.29) is 17.3 Å². The summed E-state index contributed by atoms with van der Waals surface area (Å²) in [7, 11) is 0. The first kappa shape index (κ1) is 25.5. The molecule has 0 amide bonds. The molecule has 3 saturated carbocycles. The quantitative estimate of drug-likeness (QED) is 0.278. The van der Waals surface area contributed by atoms with Crippen molar-refractivity contribution in [1.29, 1.82) is 0 Å². The molecule has 210 valence electrons. The molecule has 7 rings (SSSR count). The molecule has 1 atom stereocenters. The van der Waals surface area contributed by atoms with Crippen molar-refractivity contribution in [3.05, 3.63) is 52.3 Å². The molecule has 40 heavy (non-hydrogen) atoms. The van der Waals surface area contributed by atoms with Crippen LogP contribution in [-0.2, 0) is 12.0 Å². The third kappa shape index (κ3) is 4.43. The predicted molar refractivity (Wildman–Crippen MR) is 154 cm³/mol. The van der Waals surface area contributed by atoms with Crippen LogP contribution in [0.15, 0.2) is 39.6 Å². The highest BCUT2D eigenvalue weighted by Crippen LogP contribution is 2.50. The normalized spacial score (nSPS) is 23.4. The van der Waals surface area contributed by atoms with Crippen molar-refractivity contribution < 1.29 is 4.52 Å². The van der Waals surface area contributed by atoms with Crippen molar-refractivity contribution in [3.8, 4) is 11.6 Å². The van der Waals surface area contributed by atoms with Crippen molar-refractivity contribution in [3.63, 3.8) is 0 Å². The maximum absolute atomic E-state index is 11.8. The molecule has 0 bridgehead atoms. The van der Waals surface area contributed by atoms with E-state index in [0.29, 0.717) is 23.3 Å². The molecule has 0 saturated heterocycles. The fraction of sp³-hybridized carbons (Fsp3) is 0.581. The summed E-state index contributed by atoms with van der Waals surface area (Å²) in [5, 5.41) is 7.67. The summed E-state index contributed by atoms with van der Waals surface area (Å²) in [6.07, 6.45) is 12.1. The molecule has 3 fully saturated rings. The lowest BCUT2D eigenvalue weighted by molar-refractivity contribution is 0.242. The van der Waals surface area contributed by atoms with Gasteiger partial charge < -0.3 is 9.88 Å². The van der Waals surface area contributed by atoms with Crippen molar-refractivity contribution in [2.24, 2.45) is 17.8 Å². The second kappa shape index (κ2) is 10.2. The molecule has 0 radical (unpaired) electrons. The van der Waals surface area contributed by atoms with Gasteiger partial charge in [-0.25, -0.2) is 19.7 Å². The molecule has 3 aromatic heterocycles. The van der Waals surface area contributed by atoms with Gasteiger partial charge in [-0.3, -0.25) is 9.51 Å². The summed E-state index contributed by atoms with van der Waals surface area (Å²) in [6.45, 7) is 5.54. The van der Waals surface area contributed by atoms with Gasteiger partial charge in [0, 0.05) is 12.6 Å². The van der Waals surface area contributed by atoms with Crippen LogP contribution in [-0.4, -0.2) is 35.7 Å². The van der Waals surface area contributed by atoms with Gasteiger partial charge >= 0.3 is 5.76 Å². The Labute approximate surface area is 234 Å². The van der Waals surface area contributed by atoms with Gasteiger partial charge in [0.2, 0.25) is 11.6 Å². The van der Waals surface area contributed by atoms with E-state index in [1.165, 1.54) is 56.9 Å². The highest BCUT2D eigenvalue weighted by Gasteiger charge is 2.45. The van der Waals surface area contributed by atoms with E-state index in [0.717, 1.165) is 42.5 Å². The van der Waals surface area contributed by atoms with E-state index in [4.69, 9.17) is 19.5 Å². The predicted octanol–water partition coefficient (Wildman–Crippen LogP) is 6.07. The summed E-state index contributed by atoms with van der Waals surface area (Å²) in [5.74, 6) is 3.82. The molecule has 3 heterocycles. The second-order valence-corrected chi connectivity index (χ2v) is 12.6. The Morgan fingerprint density at radius 2 is 1.82 bits per heavy atom. The molecule has 4 aromatic rings. The van der Waals surface area contributed by atoms with E-state index >= 15 is 0 Å². The summed E-state index contributed by atoms with van der Waals surface area (Å²) in [6, 6.07) is 11.1. The number of hydrogen-bond acceptors (Lipinski definition) is 7. The van der Waals surface area contributed by atoms with Crippen LogP contribution in [0.1, 0.15) is 89.4 Å². The monoisotopic (exact) mass is 541 g/mol. The minimum absolute atomic E-state index is 0.136. The van der Waals surface area contributed by atoms with E-state index in [1.54, 1.807) is 0 Å². The Morgan fingerprint density at radius 3 is 2.45 bits per heavy atom. The van der Waals surface area contributed by atoms with Gasteiger partial charge in [-0.2, -0.15) is 0 Å². The largest absolute Gasteiger partial charge is 0.439 e. The van der Waals surface area contributed by atoms with Crippen LogP contribution in [0.3, 0.4) is 0 Å². The summed E-state index contributed by atoms with van der Waals surface area (Å²) >= 11 is 0. The molecule has 3 aliphatic carbocycles. The molecule has 2 N–H and O–H groups in total. The Hall–Kier alpha value is -3.49. The van der Waals surface area contributed by atoms with Gasteiger partial charge in [0.1, 0.15) is 11.3 Å². The molecule has 1 aromatic carbocycles. The maximum Gasteiger partial charge on any atom is 0.439 e. The summed E-state index contributed by atoms with van der Waals surface area (Å²) in [4.78, 5) is 29.6. The lowest BCUT2D eigenvalue weighted by Crippen LogP contribution is -2.39. The van der Waals surface area contributed by atoms with Crippen molar-refractivity contribution in [1.82, 2.24) is 29.7 Å². The molecule has 0 unspecified atom stereocenters. The number of nitrogens with one attached hydrogen (secondary N) is 2. The van der Waals surface area contributed by atoms with E-state index < -0.39 is 5.76 Å². The fourth-order valence-corrected chi connectivity index (χ4v) is 7.08. The number of H-pyrrole nitrogens is 1. The van der Waals surface area contributed by atoms with Gasteiger partial charge in [-0.1, -0.05) is 68.1 Å². The van der Waals surface area contributed by atoms with Gasteiger partial charge in [0.25, 0.3) is 0 Å². The van der Waals surface area contributed by atoms with Crippen LogP contribution in [0.5, 0.6) is 0 Å². The van der Waals surface area contributed by atoms with Crippen molar-refractivity contribution in [2.75, 3.05) is 5.32 Å². The Balaban J connectivity index is 1.41. The smallest absolute Gasteiger partial charge is 0.365 e. The van der Waals surface area contributed by atoms with Crippen LogP contribution in [0.2, 0.25) is 0 Å². The van der Waals surface area contributed by atoms with Gasteiger partial charge in [0.15, 0.2) is 11.5 Å². The average Bonchev–Trinajstić information content (AvgIpc) is 3.48. The number of rotatable bonds is 8. The number of aromatic amines is 1. The highest BCUT2D eigenvalue weighted by molar-refractivity contribution is 5.86. The standard InChI is InChI=1S/C31H39N7O2/c1-19-12-14-21(15-13-19)18-38-24-25(32-20(2)22-8-6-9-22)33-27(28-36-30(39)40-37-28)34-26(24)35-29(38)31(16-7-17-31)23-10-4-3-5-11-23/h3-5,10-11,19-22H,6-9,12-18H2,1-2H3,(H,32,33,34)(H,36,37,39)/t19?,20-,21?/m1/s1. The average molecular weight is 542 g/mol. The first-order valence-corrected chi connectivity index (χ1v) is 15.2. The Bertz CT molecular complexity index is 1540. The number of nitrogens with zero attached hydrogens (tertiary/aromatic N) is 5. The number of aromatic nitrogens is 6. The zero-order chi connectivity index (χ0) is 27.3. The van der Waals surface area contributed by atoms with Gasteiger partial charge in [0.05, 0.1) is 5.41 Å². The van der Waals surface area contributed by atoms with Gasteiger partial charge in [-0.05, 0) is 68.8 Å². The number of benzene rings is 1. The van der Waals surface area contributed by atoms with E-state index in [9.17, 15) is 4.79 Å². The molecule has 3 aliphatic rings.